The highest BCUT2D eigenvalue weighted by Crippen LogP contribution is 2.35. The van der Waals surface area contributed by atoms with Gasteiger partial charge in [-0.2, -0.15) is 0 Å². The molecule has 33 heteroatoms. The second kappa shape index (κ2) is 38.1. The molecule has 3 aliphatic rings. The number of carbonyl (C=O) groups excluding carboxylic acids is 12. The van der Waals surface area contributed by atoms with Gasteiger partial charge in [0.05, 0.1) is 11.1 Å². The van der Waals surface area contributed by atoms with Crippen molar-refractivity contribution in [1.29, 1.82) is 5.41 Å². The number of guanidine groups is 1. The van der Waals surface area contributed by atoms with Crippen LogP contribution in [0.3, 0.4) is 0 Å². The number of carbonyl (C=O) groups is 12. The number of benzene rings is 4. The van der Waals surface area contributed by atoms with E-state index in [1.807, 2.05) is 18.2 Å². The molecule has 4 aromatic carbocycles. The number of anilines is 2. The summed E-state index contributed by atoms with van der Waals surface area (Å²) in [5, 5.41) is 36.2. The Morgan fingerprint density at radius 3 is 1.76 bits per heavy atom. The third kappa shape index (κ3) is 23.0. The predicted octanol–water partition coefficient (Wildman–Crippen LogP) is 1.17. The lowest BCUT2D eigenvalue weighted by Crippen LogP contribution is -2.60. The maximum atomic E-state index is 15.4. The second-order valence-corrected chi connectivity index (χ2v) is 26.9. The van der Waals surface area contributed by atoms with E-state index in [0.717, 1.165) is 10.9 Å². The van der Waals surface area contributed by atoms with Crippen molar-refractivity contribution in [3.63, 3.8) is 0 Å². The number of para-hydroxylation sites is 1. The van der Waals surface area contributed by atoms with Gasteiger partial charge in [0.15, 0.2) is 5.96 Å². The van der Waals surface area contributed by atoms with E-state index in [0.29, 0.717) is 24.8 Å². The molecular formula is C72H97N19O14. The average molecular weight is 1450 g/mol. The Kier molecular flexibility index (Phi) is 28.8. The Bertz CT molecular complexity index is 4010. The molecule has 8 atom stereocenters. The Balaban J connectivity index is 1.24. The third-order valence-corrected chi connectivity index (χ3v) is 18.2. The SMILES string of the molecule is CC(C)C[C@@H]1NC(=O)[C@H](CCC(N)=O)NC(=O)c2cc3cc(c2)Oc2ccc(N)cc2C(=O)NCCCCC(NC(=O)[C@H](CCCCN)NC1=O)C(=O)N1CCC[C@H]1C(=O)N[C@@H](CCCNC(=N)N)C(=O)N[C@@H](Cc1c[nH]c2ccccc12)C(=O)NC(C(N)=O)CCCCNC(=O)c1cc(N)ccc1O3. The van der Waals surface area contributed by atoms with E-state index >= 15 is 4.79 Å². The summed E-state index contributed by atoms with van der Waals surface area (Å²) >= 11 is 0. The fraction of sp³-hybridized carbons (Fsp3) is 0.458. The minimum Gasteiger partial charge on any atom is -0.456 e. The predicted molar refractivity (Wildman–Crippen MR) is 389 cm³/mol. The summed E-state index contributed by atoms with van der Waals surface area (Å²) in [6.45, 7) is 3.87. The summed E-state index contributed by atoms with van der Waals surface area (Å²) in [7, 11) is 0. The lowest BCUT2D eigenvalue weighted by molar-refractivity contribution is -0.143. The number of amides is 12. The number of rotatable bonds is 16. The van der Waals surface area contributed by atoms with Crippen molar-refractivity contribution >= 4 is 99.1 Å². The van der Waals surface area contributed by atoms with E-state index in [2.05, 4.69) is 58.2 Å². The molecule has 105 heavy (non-hydrogen) atoms. The van der Waals surface area contributed by atoms with Gasteiger partial charge in [0.2, 0.25) is 53.2 Å². The maximum absolute atomic E-state index is 15.4. The number of primary amides is 2. The Morgan fingerprint density at radius 1 is 0.590 bits per heavy atom. The lowest BCUT2D eigenvalue weighted by Gasteiger charge is -2.31. The topological polar surface area (TPSA) is 543 Å². The number of nitrogens with zero attached hydrogens (tertiary/aromatic N) is 1. The summed E-state index contributed by atoms with van der Waals surface area (Å²) in [5.74, 6) is -10.7. The van der Waals surface area contributed by atoms with Crippen LogP contribution in [0.2, 0.25) is 0 Å². The molecule has 33 nitrogen and oxygen atoms in total. The van der Waals surface area contributed by atoms with Gasteiger partial charge >= 0.3 is 0 Å². The van der Waals surface area contributed by atoms with Crippen LogP contribution < -0.4 is 97.0 Å². The number of hydrogen-bond donors (Lipinski definition) is 18. The van der Waals surface area contributed by atoms with Crippen LogP contribution in [0.25, 0.3) is 10.9 Å². The standard InChI is InChI=1S/C72H97N19O14/c1-39(2)31-55-68(100)86-51(16-5-8-26-73)65(97)88-54-17-7-10-28-81-64(96)48-36-43(75)21-24-59(48)105-45-33-40(62(94)85-53(67(99)89-55)22-25-60(76)92)32-44(37-45)104-58-23-20-42(74)35-47(58)63(95)80-27-9-6-15-50(61(77)93)84-69(101)56(34-41-38-83-49-14-4-3-13-46(41)49)90-66(98)52(18-11-29-82-72(78)79)87-70(102)57-19-12-30-91(57)71(54)103/h3-4,13-14,20-21,23-24,32-33,35-39,50-57,83H,5-12,15-19,22,25-31,34,73-75H2,1-2H3,(H2,76,92)(H2,77,93)(H,80,95)(H,81,96)(H,84,101)(H,85,94)(H,86,100)(H,87,102)(H,88,97)(H,89,99)(H,90,98)(H4,78,79,82)/t50?,51-,52-,53-,54?,55-,56-,57-/m0/s1. The smallest absolute Gasteiger partial charge is 0.255 e. The Hall–Kier alpha value is -11.5. The fourth-order valence-corrected chi connectivity index (χ4v) is 12.7. The molecule has 12 amide bonds. The van der Waals surface area contributed by atoms with E-state index in [9.17, 15) is 52.7 Å². The molecule has 564 valence electrons. The number of nitrogen functional groups attached to an aromatic ring is 2. The number of ether oxygens (including phenoxy) is 2. The van der Waals surface area contributed by atoms with Crippen LogP contribution in [-0.4, -0.2) is 168 Å². The highest BCUT2D eigenvalue weighted by molar-refractivity contribution is 6.02. The zero-order chi connectivity index (χ0) is 75.9. The van der Waals surface area contributed by atoms with Gasteiger partial charge < -0.3 is 107 Å². The van der Waals surface area contributed by atoms with Crippen molar-refractivity contribution in [1.82, 2.24) is 63.1 Å². The molecule has 0 aliphatic carbocycles. The number of nitrogens with one attached hydrogen (secondary N) is 12. The van der Waals surface area contributed by atoms with Gasteiger partial charge in [0.25, 0.3) is 17.7 Å². The summed E-state index contributed by atoms with van der Waals surface area (Å²) in [4.78, 5) is 178. The first-order valence-electron chi connectivity index (χ1n) is 35.5. The summed E-state index contributed by atoms with van der Waals surface area (Å²) in [6.07, 6.45) is 2.57. The molecule has 2 unspecified atom stereocenters. The summed E-state index contributed by atoms with van der Waals surface area (Å²) in [6, 6.07) is 8.55. The van der Waals surface area contributed by atoms with Crippen LogP contribution >= 0.6 is 0 Å². The molecule has 0 radical (unpaired) electrons. The normalized spacial score (nSPS) is 21.9. The zero-order valence-electron chi connectivity index (χ0n) is 59.0. The number of hydrogen-bond acceptors (Lipinski definition) is 18. The van der Waals surface area contributed by atoms with E-state index < -0.39 is 126 Å². The Morgan fingerprint density at radius 2 is 1.15 bits per heavy atom. The van der Waals surface area contributed by atoms with Gasteiger partial charge in [-0.1, -0.05) is 32.0 Å². The minimum atomic E-state index is -1.57. The maximum Gasteiger partial charge on any atom is 0.255 e. The second-order valence-electron chi connectivity index (χ2n) is 26.9. The first kappa shape index (κ1) is 79.2. The van der Waals surface area contributed by atoms with Gasteiger partial charge in [0.1, 0.15) is 71.3 Å². The molecule has 1 fully saturated rings. The van der Waals surface area contributed by atoms with Crippen molar-refractivity contribution in [3.8, 4) is 23.0 Å². The van der Waals surface area contributed by atoms with Crippen molar-refractivity contribution in [2.24, 2.45) is 28.9 Å². The molecule has 4 heterocycles. The van der Waals surface area contributed by atoms with Crippen LogP contribution in [0.5, 0.6) is 23.0 Å². The lowest BCUT2D eigenvalue weighted by atomic mass is 10.00. The molecule has 1 aromatic heterocycles. The molecular weight excluding hydrogens is 1350 g/mol. The van der Waals surface area contributed by atoms with Crippen LogP contribution in [-0.2, 0) is 49.6 Å². The summed E-state index contributed by atoms with van der Waals surface area (Å²) in [5.41, 5.74) is 36.9. The molecule has 8 rings (SSSR count). The Labute approximate surface area is 606 Å². The fourth-order valence-electron chi connectivity index (χ4n) is 12.7. The van der Waals surface area contributed by atoms with Gasteiger partial charge in [0, 0.05) is 79.1 Å². The molecule has 0 spiro atoms. The summed E-state index contributed by atoms with van der Waals surface area (Å²) < 4.78 is 12.8. The van der Waals surface area contributed by atoms with Crippen LogP contribution in [0.15, 0.2) is 85.1 Å². The quantitative estimate of drug-likeness (QED) is 0.0285. The van der Waals surface area contributed by atoms with Crippen LogP contribution in [0, 0.1) is 11.3 Å². The van der Waals surface area contributed by atoms with E-state index in [-0.39, 0.29) is 179 Å². The van der Waals surface area contributed by atoms with E-state index in [4.69, 9.17) is 49.3 Å². The van der Waals surface area contributed by atoms with E-state index in [1.165, 1.54) is 59.5 Å². The van der Waals surface area contributed by atoms with Gasteiger partial charge in [-0.3, -0.25) is 62.9 Å². The number of H-pyrrole nitrogens is 1. The van der Waals surface area contributed by atoms with Crippen molar-refractivity contribution < 1.29 is 67.0 Å². The van der Waals surface area contributed by atoms with Gasteiger partial charge in [-0.25, -0.2) is 0 Å². The number of unbranched alkanes of at least 4 members (excludes halogenated alkanes) is 1. The van der Waals surface area contributed by atoms with Gasteiger partial charge in [-0.15, -0.1) is 0 Å². The first-order chi connectivity index (χ1) is 50.2. The largest absolute Gasteiger partial charge is 0.456 e. The molecule has 24 N–H and O–H groups in total. The molecule has 1 saturated heterocycles. The zero-order valence-corrected chi connectivity index (χ0v) is 59.0. The number of nitrogens with two attached hydrogens (primary N) is 6. The monoisotopic (exact) mass is 1450 g/mol. The minimum absolute atomic E-state index is 0.000991. The van der Waals surface area contributed by atoms with Crippen molar-refractivity contribution in [2.45, 2.75) is 171 Å². The third-order valence-electron chi connectivity index (χ3n) is 18.2. The van der Waals surface area contributed by atoms with Gasteiger partial charge in [-0.05, 0) is 169 Å². The van der Waals surface area contributed by atoms with Crippen molar-refractivity contribution in [2.75, 3.05) is 44.2 Å². The molecule has 0 saturated carbocycles. The van der Waals surface area contributed by atoms with E-state index in [1.54, 1.807) is 26.1 Å². The number of aromatic amines is 1. The highest BCUT2D eigenvalue weighted by Gasteiger charge is 2.41. The van der Waals surface area contributed by atoms with Crippen LogP contribution in [0.4, 0.5) is 11.4 Å². The molecule has 3 aliphatic heterocycles. The highest BCUT2D eigenvalue weighted by atomic mass is 16.5. The van der Waals surface area contributed by atoms with Crippen molar-refractivity contribution in [3.05, 3.63) is 107 Å². The molecule has 4 bridgehead atoms. The average Bonchev–Trinajstić information content (AvgIpc) is 1.51. The number of aromatic nitrogens is 1. The molecule has 5 aromatic rings. The first-order valence-corrected chi connectivity index (χ1v) is 35.5. The van der Waals surface area contributed by atoms with Crippen LogP contribution in [0.1, 0.15) is 153 Å². The number of fused-ring (bicyclic) bond motifs is 11.